The number of methoxy groups -OCH3 is 2. The first kappa shape index (κ1) is 24.3. The molecule has 28 heavy (non-hydrogen) atoms. The Labute approximate surface area is 170 Å². The summed E-state index contributed by atoms with van der Waals surface area (Å²) in [6.45, 7) is 10.4. The lowest BCUT2D eigenvalue weighted by Crippen LogP contribution is -2.31. The third-order valence-electron chi connectivity index (χ3n) is 5.22. The standard InChI is InChI=1S/C24H38O4/c1-16(2)10-8-11-17(3)12-9-13-18(4)14-15-20-19(5)21(25)23(27-6)24(28-7)22(20)26/h10,12,14,21-22,25-26H,8-9,11,13,15H2,1-7H3. The Morgan fingerprint density at radius 1 is 0.821 bits per heavy atom. The first-order valence-corrected chi connectivity index (χ1v) is 10.0. The molecular weight excluding hydrogens is 352 g/mol. The van der Waals surface area contributed by atoms with Crippen LogP contribution in [-0.4, -0.2) is 36.6 Å². The van der Waals surface area contributed by atoms with E-state index in [9.17, 15) is 10.2 Å². The Hall–Kier alpha value is -1.78. The Bertz CT molecular complexity index is 673. The van der Waals surface area contributed by atoms with Crippen LogP contribution in [0.1, 0.15) is 66.7 Å². The molecular formula is C24H38O4. The maximum atomic E-state index is 10.6. The summed E-state index contributed by atoms with van der Waals surface area (Å²) in [7, 11) is 2.96. The summed E-state index contributed by atoms with van der Waals surface area (Å²) in [6.07, 6.45) is 9.77. The van der Waals surface area contributed by atoms with Crippen LogP contribution < -0.4 is 0 Å². The number of aliphatic hydroxyl groups is 2. The largest absolute Gasteiger partial charge is 0.494 e. The fourth-order valence-corrected chi connectivity index (χ4v) is 3.34. The molecule has 4 heteroatoms. The van der Waals surface area contributed by atoms with Gasteiger partial charge in [-0.05, 0) is 77.9 Å². The highest BCUT2D eigenvalue weighted by molar-refractivity contribution is 5.39. The summed E-state index contributed by atoms with van der Waals surface area (Å²) < 4.78 is 10.5. The molecule has 2 unspecified atom stereocenters. The van der Waals surface area contributed by atoms with Crippen molar-refractivity contribution < 1.29 is 19.7 Å². The number of aliphatic hydroxyl groups excluding tert-OH is 2. The molecule has 0 aliphatic heterocycles. The minimum Gasteiger partial charge on any atom is -0.494 e. The van der Waals surface area contributed by atoms with Gasteiger partial charge in [0, 0.05) is 0 Å². The van der Waals surface area contributed by atoms with Gasteiger partial charge >= 0.3 is 0 Å². The lowest BCUT2D eigenvalue weighted by atomic mass is 9.88. The zero-order valence-corrected chi connectivity index (χ0v) is 18.6. The summed E-state index contributed by atoms with van der Waals surface area (Å²) >= 11 is 0. The van der Waals surface area contributed by atoms with Gasteiger partial charge < -0.3 is 19.7 Å². The Balaban J connectivity index is 2.67. The highest BCUT2D eigenvalue weighted by Crippen LogP contribution is 2.33. The van der Waals surface area contributed by atoms with Crippen molar-refractivity contribution in [3.63, 3.8) is 0 Å². The monoisotopic (exact) mass is 390 g/mol. The van der Waals surface area contributed by atoms with Crippen molar-refractivity contribution in [3.05, 3.63) is 57.6 Å². The summed E-state index contributed by atoms with van der Waals surface area (Å²) in [6, 6.07) is 0. The van der Waals surface area contributed by atoms with E-state index in [0.717, 1.165) is 36.8 Å². The average Bonchev–Trinajstić information content (AvgIpc) is 2.64. The van der Waals surface area contributed by atoms with Crippen LogP contribution in [-0.2, 0) is 9.47 Å². The first-order valence-electron chi connectivity index (χ1n) is 10.0. The third kappa shape index (κ3) is 6.99. The van der Waals surface area contributed by atoms with E-state index in [1.54, 1.807) is 0 Å². The fourth-order valence-electron chi connectivity index (χ4n) is 3.34. The fraction of sp³-hybridized carbons (Fsp3) is 0.583. The van der Waals surface area contributed by atoms with E-state index in [1.165, 1.54) is 30.9 Å². The van der Waals surface area contributed by atoms with E-state index in [1.807, 2.05) is 6.92 Å². The lowest BCUT2D eigenvalue weighted by Gasteiger charge is -2.30. The molecule has 0 spiro atoms. The van der Waals surface area contributed by atoms with Crippen LogP contribution in [0.25, 0.3) is 0 Å². The van der Waals surface area contributed by atoms with Crippen LogP contribution in [0.15, 0.2) is 57.6 Å². The van der Waals surface area contributed by atoms with E-state index in [2.05, 4.69) is 45.9 Å². The Kier molecular flexibility index (Phi) is 10.3. The first-order chi connectivity index (χ1) is 13.2. The number of hydrogen-bond acceptors (Lipinski definition) is 4. The molecule has 1 aliphatic rings. The molecule has 0 amide bonds. The maximum absolute atomic E-state index is 10.6. The molecule has 158 valence electrons. The number of ether oxygens (including phenoxy) is 2. The molecule has 2 N–H and O–H groups in total. The van der Waals surface area contributed by atoms with E-state index >= 15 is 0 Å². The van der Waals surface area contributed by atoms with Gasteiger partial charge in [0.05, 0.1) is 14.2 Å². The minimum absolute atomic E-state index is 0.283. The van der Waals surface area contributed by atoms with Crippen LogP contribution in [0.5, 0.6) is 0 Å². The normalized spacial score (nSPS) is 21.2. The van der Waals surface area contributed by atoms with Crippen molar-refractivity contribution in [3.8, 4) is 0 Å². The number of hydrogen-bond donors (Lipinski definition) is 2. The van der Waals surface area contributed by atoms with Crippen molar-refractivity contribution in [1.29, 1.82) is 0 Å². The number of allylic oxidation sites excluding steroid dienone is 6. The van der Waals surface area contributed by atoms with Gasteiger partial charge in [0.2, 0.25) is 0 Å². The quantitative estimate of drug-likeness (QED) is 0.494. The summed E-state index contributed by atoms with van der Waals surface area (Å²) in [5.41, 5.74) is 5.57. The smallest absolute Gasteiger partial charge is 0.169 e. The zero-order chi connectivity index (χ0) is 21.3. The predicted octanol–water partition coefficient (Wildman–Crippen LogP) is 5.35. The van der Waals surface area contributed by atoms with E-state index in [4.69, 9.17) is 9.47 Å². The molecule has 0 saturated carbocycles. The average molecular weight is 391 g/mol. The molecule has 0 aromatic heterocycles. The van der Waals surface area contributed by atoms with Crippen molar-refractivity contribution in [2.24, 2.45) is 0 Å². The molecule has 1 aliphatic carbocycles. The molecule has 2 atom stereocenters. The lowest BCUT2D eigenvalue weighted by molar-refractivity contribution is 0.0794. The third-order valence-corrected chi connectivity index (χ3v) is 5.22. The highest BCUT2D eigenvalue weighted by atomic mass is 16.5. The SMILES string of the molecule is COC1=C(OC)C(O)C(CC=C(C)CCC=C(C)CCC=C(C)C)=C(C)C1O. The van der Waals surface area contributed by atoms with E-state index in [0.29, 0.717) is 6.42 Å². The van der Waals surface area contributed by atoms with Gasteiger partial charge in [0.1, 0.15) is 12.2 Å². The van der Waals surface area contributed by atoms with Crippen LogP contribution in [0.4, 0.5) is 0 Å². The second kappa shape index (κ2) is 11.9. The van der Waals surface area contributed by atoms with Crippen LogP contribution in [0.2, 0.25) is 0 Å². The van der Waals surface area contributed by atoms with Crippen LogP contribution in [0, 0.1) is 0 Å². The van der Waals surface area contributed by atoms with Crippen molar-refractivity contribution in [2.45, 2.75) is 78.9 Å². The van der Waals surface area contributed by atoms with Crippen LogP contribution in [0.3, 0.4) is 0 Å². The van der Waals surface area contributed by atoms with Crippen LogP contribution >= 0.6 is 0 Å². The predicted molar refractivity (Wildman–Crippen MR) is 116 cm³/mol. The maximum Gasteiger partial charge on any atom is 0.169 e. The van der Waals surface area contributed by atoms with Gasteiger partial charge in [-0.2, -0.15) is 0 Å². The summed E-state index contributed by atoms with van der Waals surface area (Å²) in [4.78, 5) is 0. The molecule has 0 aromatic rings. The zero-order valence-electron chi connectivity index (χ0n) is 18.6. The second-order valence-electron chi connectivity index (χ2n) is 7.81. The summed E-state index contributed by atoms with van der Waals surface area (Å²) in [5, 5.41) is 21.1. The molecule has 0 heterocycles. The molecule has 4 nitrogen and oxygen atoms in total. The van der Waals surface area contributed by atoms with Gasteiger partial charge in [-0.1, -0.05) is 34.9 Å². The Morgan fingerprint density at radius 2 is 1.32 bits per heavy atom. The minimum atomic E-state index is -0.885. The van der Waals surface area contributed by atoms with Gasteiger partial charge in [-0.15, -0.1) is 0 Å². The van der Waals surface area contributed by atoms with Crippen molar-refractivity contribution in [2.75, 3.05) is 14.2 Å². The van der Waals surface area contributed by atoms with Gasteiger partial charge in [0.25, 0.3) is 0 Å². The molecule has 0 bridgehead atoms. The Morgan fingerprint density at radius 3 is 1.86 bits per heavy atom. The highest BCUT2D eigenvalue weighted by Gasteiger charge is 2.34. The van der Waals surface area contributed by atoms with Crippen molar-refractivity contribution >= 4 is 0 Å². The molecule has 1 rings (SSSR count). The molecule has 0 saturated heterocycles. The van der Waals surface area contributed by atoms with Gasteiger partial charge in [-0.3, -0.25) is 0 Å². The van der Waals surface area contributed by atoms with E-state index < -0.39 is 12.2 Å². The topological polar surface area (TPSA) is 58.9 Å². The molecule has 0 aromatic carbocycles. The van der Waals surface area contributed by atoms with Gasteiger partial charge in [-0.25, -0.2) is 0 Å². The van der Waals surface area contributed by atoms with E-state index in [-0.39, 0.29) is 11.5 Å². The second-order valence-corrected chi connectivity index (χ2v) is 7.81. The van der Waals surface area contributed by atoms with Crippen molar-refractivity contribution in [1.82, 2.24) is 0 Å². The number of rotatable bonds is 10. The molecule has 0 fully saturated rings. The molecule has 0 radical (unpaired) electrons. The van der Waals surface area contributed by atoms with Gasteiger partial charge in [0.15, 0.2) is 11.5 Å². The summed E-state index contributed by atoms with van der Waals surface area (Å²) in [5.74, 6) is 0.572.